The summed E-state index contributed by atoms with van der Waals surface area (Å²) >= 11 is 0. The highest BCUT2D eigenvalue weighted by Gasteiger charge is 2.24. The summed E-state index contributed by atoms with van der Waals surface area (Å²) in [6, 6.07) is 15.9. The molecule has 0 bridgehead atoms. The van der Waals surface area contributed by atoms with Crippen molar-refractivity contribution in [3.05, 3.63) is 59.7 Å². The van der Waals surface area contributed by atoms with Gasteiger partial charge in [-0.3, -0.25) is 0 Å². The zero-order valence-corrected chi connectivity index (χ0v) is 17.1. The van der Waals surface area contributed by atoms with Gasteiger partial charge >= 0.3 is 0 Å². The summed E-state index contributed by atoms with van der Waals surface area (Å²) in [5.41, 5.74) is 2.03. The molecule has 0 radical (unpaired) electrons. The molecule has 0 atom stereocenters. The standard InChI is InChI=1S/C14H22O.C9H12O/c1-13(2,3)10-8-7-9-11(12(10)15)14(4,5)6;1-8(2)10-9-6-4-3-5-7-9/h7-9,15H,1-6H3;3-8H,1-2H3. The van der Waals surface area contributed by atoms with Gasteiger partial charge < -0.3 is 9.84 Å². The molecule has 0 saturated heterocycles. The van der Waals surface area contributed by atoms with Crippen LogP contribution in [0.1, 0.15) is 66.5 Å². The number of phenolic OH excluding ortho intramolecular Hbond substituents is 1. The lowest BCUT2D eigenvalue weighted by Gasteiger charge is -2.26. The van der Waals surface area contributed by atoms with Crippen LogP contribution in [0.3, 0.4) is 0 Å². The fraction of sp³-hybridized carbons (Fsp3) is 0.478. The maximum atomic E-state index is 10.3. The van der Waals surface area contributed by atoms with Crippen molar-refractivity contribution >= 4 is 0 Å². The minimum Gasteiger partial charge on any atom is -0.507 e. The van der Waals surface area contributed by atoms with E-state index in [-0.39, 0.29) is 16.9 Å². The van der Waals surface area contributed by atoms with Gasteiger partial charge in [0.05, 0.1) is 6.10 Å². The summed E-state index contributed by atoms with van der Waals surface area (Å²) in [5.74, 6) is 1.40. The molecule has 138 valence electrons. The molecule has 2 heteroatoms. The molecule has 0 amide bonds. The van der Waals surface area contributed by atoms with Gasteiger partial charge in [-0.25, -0.2) is 0 Å². The van der Waals surface area contributed by atoms with Crippen LogP contribution < -0.4 is 4.74 Å². The van der Waals surface area contributed by atoms with Crippen LogP contribution in [0.2, 0.25) is 0 Å². The number of hydrogen-bond donors (Lipinski definition) is 1. The highest BCUT2D eigenvalue weighted by atomic mass is 16.5. The second-order valence-electron chi connectivity index (χ2n) is 8.68. The van der Waals surface area contributed by atoms with Gasteiger partial charge in [0.15, 0.2) is 0 Å². The number of benzene rings is 2. The molecule has 0 spiro atoms. The van der Waals surface area contributed by atoms with Crippen LogP contribution in [0.4, 0.5) is 0 Å². The Balaban J connectivity index is 0.000000271. The highest BCUT2D eigenvalue weighted by Crippen LogP contribution is 2.38. The van der Waals surface area contributed by atoms with Crippen LogP contribution in [0.5, 0.6) is 11.5 Å². The van der Waals surface area contributed by atoms with Gasteiger partial charge in [0.1, 0.15) is 11.5 Å². The van der Waals surface area contributed by atoms with Crippen molar-refractivity contribution in [1.29, 1.82) is 0 Å². The van der Waals surface area contributed by atoms with E-state index >= 15 is 0 Å². The molecule has 2 rings (SSSR count). The van der Waals surface area contributed by atoms with E-state index in [0.717, 1.165) is 16.9 Å². The number of phenols is 1. The summed E-state index contributed by atoms with van der Waals surface area (Å²) in [4.78, 5) is 0. The number of rotatable bonds is 2. The van der Waals surface area contributed by atoms with Crippen molar-refractivity contribution in [2.45, 2.75) is 72.3 Å². The minimum absolute atomic E-state index is 0.00859. The number of hydrogen-bond acceptors (Lipinski definition) is 2. The van der Waals surface area contributed by atoms with Gasteiger partial charge in [-0.2, -0.15) is 0 Å². The second-order valence-corrected chi connectivity index (χ2v) is 8.68. The zero-order chi connectivity index (χ0) is 19.3. The first-order chi connectivity index (χ1) is 11.4. The van der Waals surface area contributed by atoms with E-state index in [1.165, 1.54) is 0 Å². The fourth-order valence-corrected chi connectivity index (χ4v) is 2.53. The molecule has 0 heterocycles. The number of para-hydroxylation sites is 2. The van der Waals surface area contributed by atoms with Crippen molar-refractivity contribution in [2.75, 3.05) is 0 Å². The monoisotopic (exact) mass is 342 g/mol. The molecule has 0 saturated carbocycles. The second kappa shape index (κ2) is 8.42. The van der Waals surface area contributed by atoms with Gasteiger partial charge in [-0.15, -0.1) is 0 Å². The largest absolute Gasteiger partial charge is 0.507 e. The third-order valence-electron chi connectivity index (χ3n) is 3.77. The Morgan fingerprint density at radius 1 is 0.720 bits per heavy atom. The summed E-state index contributed by atoms with van der Waals surface area (Å²) < 4.78 is 5.41. The Labute approximate surface area is 153 Å². The normalized spacial score (nSPS) is 11.7. The predicted octanol–water partition coefficient (Wildman–Crippen LogP) is 6.46. The Kier molecular flexibility index (Phi) is 7.10. The summed E-state index contributed by atoms with van der Waals surface area (Å²) in [5, 5.41) is 10.3. The van der Waals surface area contributed by atoms with Gasteiger partial charge in [0.2, 0.25) is 0 Å². The molecule has 0 fully saturated rings. The summed E-state index contributed by atoms with van der Waals surface area (Å²) in [6.07, 6.45) is 0.266. The van der Waals surface area contributed by atoms with Gasteiger partial charge in [0.25, 0.3) is 0 Å². The summed E-state index contributed by atoms with van der Waals surface area (Å²) in [6.45, 7) is 16.8. The molecule has 0 aliphatic rings. The van der Waals surface area contributed by atoms with Gasteiger partial charge in [0, 0.05) is 0 Å². The average Bonchev–Trinajstić information content (AvgIpc) is 2.46. The van der Waals surface area contributed by atoms with E-state index in [4.69, 9.17) is 4.74 Å². The first-order valence-corrected chi connectivity index (χ1v) is 8.97. The Bertz CT molecular complexity index is 612. The van der Waals surface area contributed by atoms with Crippen molar-refractivity contribution in [3.63, 3.8) is 0 Å². The van der Waals surface area contributed by atoms with Crippen molar-refractivity contribution in [2.24, 2.45) is 0 Å². The molecule has 2 aromatic rings. The van der Waals surface area contributed by atoms with Crippen LogP contribution in [-0.2, 0) is 10.8 Å². The van der Waals surface area contributed by atoms with Crippen molar-refractivity contribution in [1.82, 2.24) is 0 Å². The number of ether oxygens (including phenoxy) is 1. The van der Waals surface area contributed by atoms with Crippen molar-refractivity contribution < 1.29 is 9.84 Å². The molecule has 1 N–H and O–H groups in total. The van der Waals surface area contributed by atoms with E-state index in [1.807, 2.05) is 62.4 Å². The van der Waals surface area contributed by atoms with Crippen LogP contribution in [0, 0.1) is 0 Å². The van der Waals surface area contributed by atoms with E-state index in [2.05, 4.69) is 41.5 Å². The Morgan fingerprint density at radius 2 is 1.16 bits per heavy atom. The molecule has 2 nitrogen and oxygen atoms in total. The maximum absolute atomic E-state index is 10.3. The van der Waals surface area contributed by atoms with Crippen LogP contribution in [0.25, 0.3) is 0 Å². The highest BCUT2D eigenvalue weighted by molar-refractivity contribution is 5.46. The summed E-state index contributed by atoms with van der Waals surface area (Å²) in [7, 11) is 0. The SMILES string of the molecule is CC(C)(C)c1cccc(C(C)(C)C)c1O.CC(C)Oc1ccccc1. The Hall–Kier alpha value is -1.96. The molecular formula is C23H34O2. The first kappa shape index (κ1) is 21.1. The Morgan fingerprint density at radius 3 is 1.52 bits per heavy atom. The van der Waals surface area contributed by atoms with Crippen LogP contribution in [0.15, 0.2) is 48.5 Å². The van der Waals surface area contributed by atoms with Gasteiger partial charge in [-0.1, -0.05) is 77.9 Å². The lowest BCUT2D eigenvalue weighted by atomic mass is 9.80. The van der Waals surface area contributed by atoms with E-state index in [9.17, 15) is 5.11 Å². The predicted molar refractivity (Wildman–Crippen MR) is 108 cm³/mol. The molecule has 0 aromatic heterocycles. The fourth-order valence-electron chi connectivity index (χ4n) is 2.53. The first-order valence-electron chi connectivity index (χ1n) is 8.97. The lowest BCUT2D eigenvalue weighted by molar-refractivity contribution is 0.242. The van der Waals surface area contributed by atoms with E-state index < -0.39 is 0 Å². The van der Waals surface area contributed by atoms with E-state index in [0.29, 0.717) is 5.75 Å². The minimum atomic E-state index is -0.00859. The van der Waals surface area contributed by atoms with E-state index in [1.54, 1.807) is 0 Å². The molecule has 0 aliphatic heterocycles. The smallest absolute Gasteiger partial charge is 0.123 e. The molecule has 0 aliphatic carbocycles. The molecular weight excluding hydrogens is 308 g/mol. The lowest BCUT2D eigenvalue weighted by Crippen LogP contribution is -2.16. The number of aromatic hydroxyl groups is 1. The zero-order valence-electron chi connectivity index (χ0n) is 17.1. The van der Waals surface area contributed by atoms with Crippen LogP contribution in [-0.4, -0.2) is 11.2 Å². The third-order valence-corrected chi connectivity index (χ3v) is 3.77. The topological polar surface area (TPSA) is 29.5 Å². The molecule has 25 heavy (non-hydrogen) atoms. The molecule has 0 unspecified atom stereocenters. The molecule has 2 aromatic carbocycles. The van der Waals surface area contributed by atoms with Crippen LogP contribution >= 0.6 is 0 Å². The van der Waals surface area contributed by atoms with Crippen molar-refractivity contribution in [3.8, 4) is 11.5 Å². The quantitative estimate of drug-likeness (QED) is 0.678. The average molecular weight is 343 g/mol. The van der Waals surface area contributed by atoms with Gasteiger partial charge in [-0.05, 0) is 47.9 Å². The third kappa shape index (κ3) is 6.81. The maximum Gasteiger partial charge on any atom is 0.123 e.